The van der Waals surface area contributed by atoms with Gasteiger partial charge >= 0.3 is 0 Å². The molecule has 0 atom stereocenters. The van der Waals surface area contributed by atoms with Gasteiger partial charge in [0.25, 0.3) is 0 Å². The monoisotopic (exact) mass is 376 g/mol. The molecule has 0 aliphatic rings. The molecule has 29 heavy (non-hydrogen) atoms. The summed E-state index contributed by atoms with van der Waals surface area (Å²) in [7, 11) is 0. The lowest BCUT2D eigenvalue weighted by atomic mass is 10.0. The van der Waals surface area contributed by atoms with E-state index in [0.717, 1.165) is 11.3 Å². The third kappa shape index (κ3) is 3.87. The fourth-order valence-corrected chi connectivity index (χ4v) is 2.98. The van der Waals surface area contributed by atoms with Crippen LogP contribution in [0, 0.1) is 11.3 Å². The Morgan fingerprint density at radius 2 is 1.69 bits per heavy atom. The van der Waals surface area contributed by atoms with Gasteiger partial charge in [0.1, 0.15) is 17.3 Å². The smallest absolute Gasteiger partial charge is 0.203 e. The number of carbonyl (C=O) groups is 1. The van der Waals surface area contributed by atoms with Crippen LogP contribution < -0.4 is 0 Å². The molecule has 5 nitrogen and oxygen atoms in total. The first-order chi connectivity index (χ1) is 14.3. The lowest BCUT2D eigenvalue weighted by Gasteiger charge is -2.00. The normalized spacial score (nSPS) is 11.1. The summed E-state index contributed by atoms with van der Waals surface area (Å²) in [5.74, 6) is -0.322. The first-order valence-electron chi connectivity index (χ1n) is 9.03. The van der Waals surface area contributed by atoms with Gasteiger partial charge in [-0.15, -0.1) is 0 Å². The Labute approximate surface area is 168 Å². The number of hydrogen-bond donors (Lipinski definition) is 0. The predicted octanol–water partition coefficient (Wildman–Crippen LogP) is 4.72. The van der Waals surface area contributed by atoms with Crippen molar-refractivity contribution in [3.63, 3.8) is 0 Å². The van der Waals surface area contributed by atoms with Gasteiger partial charge in [-0.1, -0.05) is 48.5 Å². The number of nitriles is 1. The van der Waals surface area contributed by atoms with E-state index in [2.05, 4.69) is 10.1 Å². The fraction of sp³-hybridized carbons (Fsp3) is 0. The number of ketones is 1. The molecule has 4 rings (SSSR count). The molecule has 0 amide bonds. The molecule has 0 saturated carbocycles. The minimum atomic E-state index is -0.322. The Morgan fingerprint density at radius 1 is 0.966 bits per heavy atom. The predicted molar refractivity (Wildman–Crippen MR) is 111 cm³/mol. The van der Waals surface area contributed by atoms with E-state index >= 15 is 0 Å². The minimum absolute atomic E-state index is 0.0500. The molecular weight excluding hydrogens is 360 g/mol. The van der Waals surface area contributed by atoms with E-state index in [-0.39, 0.29) is 11.4 Å². The fourth-order valence-electron chi connectivity index (χ4n) is 2.98. The summed E-state index contributed by atoms with van der Waals surface area (Å²) in [4.78, 5) is 16.9. The zero-order valence-corrected chi connectivity index (χ0v) is 15.4. The standard InChI is InChI=1S/C24H16N4O/c25-15-20(24(29)18-8-3-1-4-9-18)14-21-17-28(22-11-5-2-6-12-22)27-23(21)19-10-7-13-26-16-19/h1-14,16-17H. The summed E-state index contributed by atoms with van der Waals surface area (Å²) in [5.41, 5.74) is 3.52. The number of para-hydroxylation sites is 1. The lowest BCUT2D eigenvalue weighted by molar-refractivity contribution is 0.104. The summed E-state index contributed by atoms with van der Waals surface area (Å²) >= 11 is 0. The quantitative estimate of drug-likeness (QED) is 0.287. The van der Waals surface area contributed by atoms with Crippen molar-refractivity contribution < 1.29 is 4.79 Å². The number of hydrogen-bond acceptors (Lipinski definition) is 4. The Morgan fingerprint density at radius 3 is 2.34 bits per heavy atom. The Hall–Kier alpha value is -4.30. The summed E-state index contributed by atoms with van der Waals surface area (Å²) in [6.07, 6.45) is 6.80. The van der Waals surface area contributed by atoms with Crippen LogP contribution >= 0.6 is 0 Å². The maximum atomic E-state index is 12.8. The number of aromatic nitrogens is 3. The van der Waals surface area contributed by atoms with Gasteiger partial charge in [-0.05, 0) is 30.3 Å². The third-order valence-electron chi connectivity index (χ3n) is 4.40. The van der Waals surface area contributed by atoms with E-state index in [1.165, 1.54) is 0 Å². The topological polar surface area (TPSA) is 71.6 Å². The van der Waals surface area contributed by atoms with Crippen LogP contribution in [0.2, 0.25) is 0 Å². The molecular formula is C24H16N4O. The van der Waals surface area contributed by atoms with Crippen LogP contribution in [-0.2, 0) is 0 Å². The molecule has 138 valence electrons. The molecule has 0 N–H and O–H groups in total. The molecule has 2 aromatic heterocycles. The summed E-state index contributed by atoms with van der Waals surface area (Å²) in [5, 5.41) is 14.3. The minimum Gasteiger partial charge on any atom is -0.288 e. The van der Waals surface area contributed by atoms with E-state index < -0.39 is 0 Å². The van der Waals surface area contributed by atoms with E-state index in [1.807, 2.05) is 60.8 Å². The van der Waals surface area contributed by atoms with Gasteiger partial charge in [0.2, 0.25) is 5.78 Å². The molecule has 0 unspecified atom stereocenters. The zero-order chi connectivity index (χ0) is 20.1. The van der Waals surface area contributed by atoms with Crippen molar-refractivity contribution in [2.75, 3.05) is 0 Å². The molecule has 0 aliphatic carbocycles. The van der Waals surface area contributed by atoms with Gasteiger partial charge in [-0.2, -0.15) is 10.4 Å². The Bertz CT molecular complexity index is 1200. The van der Waals surface area contributed by atoms with Gasteiger partial charge in [0, 0.05) is 35.3 Å². The highest BCUT2D eigenvalue weighted by molar-refractivity contribution is 6.14. The second-order valence-electron chi connectivity index (χ2n) is 6.32. The molecule has 2 heterocycles. The first-order valence-corrected chi connectivity index (χ1v) is 9.03. The highest BCUT2D eigenvalue weighted by Crippen LogP contribution is 2.25. The van der Waals surface area contributed by atoms with Crippen LogP contribution in [0.3, 0.4) is 0 Å². The molecule has 0 radical (unpaired) electrons. The van der Waals surface area contributed by atoms with Crippen molar-refractivity contribution in [3.8, 4) is 23.0 Å². The average Bonchev–Trinajstić information content (AvgIpc) is 3.23. The van der Waals surface area contributed by atoms with Crippen LogP contribution in [0.25, 0.3) is 23.0 Å². The molecule has 4 aromatic rings. The van der Waals surface area contributed by atoms with E-state index in [4.69, 9.17) is 0 Å². The highest BCUT2D eigenvalue weighted by Gasteiger charge is 2.16. The maximum absolute atomic E-state index is 12.8. The number of rotatable bonds is 5. The number of benzene rings is 2. The molecule has 0 bridgehead atoms. The van der Waals surface area contributed by atoms with Gasteiger partial charge in [-0.3, -0.25) is 9.78 Å². The van der Waals surface area contributed by atoms with Crippen molar-refractivity contribution in [3.05, 3.63) is 108 Å². The van der Waals surface area contributed by atoms with Gasteiger partial charge in [0.05, 0.1) is 5.69 Å². The SMILES string of the molecule is N#CC(=Cc1cn(-c2ccccc2)nc1-c1cccnc1)C(=O)c1ccccc1. The number of pyridine rings is 1. The second kappa shape index (κ2) is 8.15. The maximum Gasteiger partial charge on any atom is 0.203 e. The van der Waals surface area contributed by atoms with Gasteiger partial charge in [-0.25, -0.2) is 4.68 Å². The van der Waals surface area contributed by atoms with Gasteiger partial charge < -0.3 is 0 Å². The van der Waals surface area contributed by atoms with Crippen LogP contribution in [0.4, 0.5) is 0 Å². The lowest BCUT2D eigenvalue weighted by Crippen LogP contribution is -2.01. The molecule has 0 aliphatic heterocycles. The molecule has 2 aromatic carbocycles. The van der Waals surface area contributed by atoms with E-state index in [9.17, 15) is 10.1 Å². The van der Waals surface area contributed by atoms with Crippen molar-refractivity contribution >= 4 is 11.9 Å². The molecule has 0 fully saturated rings. The number of Topliss-reactive ketones (excluding diaryl/α,β-unsaturated/α-hetero) is 1. The number of nitrogens with zero attached hydrogens (tertiary/aromatic N) is 4. The number of carbonyl (C=O) groups excluding carboxylic acids is 1. The van der Waals surface area contributed by atoms with Crippen LogP contribution in [0.1, 0.15) is 15.9 Å². The Balaban J connectivity index is 1.83. The van der Waals surface area contributed by atoms with Crippen LogP contribution in [-0.4, -0.2) is 20.5 Å². The summed E-state index contributed by atoms with van der Waals surface area (Å²) in [6, 6.07) is 24.2. The zero-order valence-electron chi connectivity index (χ0n) is 15.4. The summed E-state index contributed by atoms with van der Waals surface area (Å²) in [6.45, 7) is 0. The van der Waals surface area contributed by atoms with Crippen molar-refractivity contribution in [1.82, 2.24) is 14.8 Å². The van der Waals surface area contributed by atoms with Crippen LogP contribution in [0.15, 0.2) is 97.0 Å². The number of allylic oxidation sites excluding steroid dienone is 1. The highest BCUT2D eigenvalue weighted by atomic mass is 16.1. The van der Waals surface area contributed by atoms with E-state index in [1.54, 1.807) is 47.4 Å². The van der Waals surface area contributed by atoms with E-state index in [0.29, 0.717) is 16.8 Å². The molecule has 0 saturated heterocycles. The third-order valence-corrected chi connectivity index (χ3v) is 4.40. The van der Waals surface area contributed by atoms with Crippen molar-refractivity contribution in [2.45, 2.75) is 0 Å². The first kappa shape index (κ1) is 18.1. The average molecular weight is 376 g/mol. The van der Waals surface area contributed by atoms with Crippen molar-refractivity contribution in [2.24, 2.45) is 0 Å². The summed E-state index contributed by atoms with van der Waals surface area (Å²) < 4.78 is 1.73. The second-order valence-corrected chi connectivity index (χ2v) is 6.32. The van der Waals surface area contributed by atoms with Crippen LogP contribution in [0.5, 0.6) is 0 Å². The molecule has 5 heteroatoms. The molecule has 0 spiro atoms. The largest absolute Gasteiger partial charge is 0.288 e. The van der Waals surface area contributed by atoms with Crippen molar-refractivity contribution in [1.29, 1.82) is 5.26 Å². The van der Waals surface area contributed by atoms with Gasteiger partial charge in [0.15, 0.2) is 0 Å². The Kier molecular flexibility index (Phi) is 5.08.